The fourth-order valence-electron chi connectivity index (χ4n) is 2.12. The fourth-order valence-corrected chi connectivity index (χ4v) is 2.12. The van der Waals surface area contributed by atoms with Crippen molar-refractivity contribution in [3.63, 3.8) is 0 Å². The Hall–Kier alpha value is -3.87. The van der Waals surface area contributed by atoms with E-state index in [1.54, 1.807) is 36.4 Å². The van der Waals surface area contributed by atoms with Crippen LogP contribution in [0.15, 0.2) is 53.1 Å². The molecule has 0 aliphatic carbocycles. The summed E-state index contributed by atoms with van der Waals surface area (Å²) in [6.45, 7) is 0. The molecular weight excluding hydrogens is 382 g/mol. The molecule has 0 spiro atoms. The minimum absolute atomic E-state index is 0.0460. The first kappa shape index (κ1) is 20.4. The lowest BCUT2D eigenvalue weighted by molar-refractivity contribution is -0.192. The number of furan rings is 1. The van der Waals surface area contributed by atoms with Gasteiger partial charge in [-0.05, 0) is 24.3 Å². The predicted octanol–water partition coefficient (Wildman–Crippen LogP) is 4.23. The van der Waals surface area contributed by atoms with Crippen LogP contribution in [0.4, 0.5) is 23.4 Å². The molecule has 0 fully saturated rings. The van der Waals surface area contributed by atoms with Crippen LogP contribution in [0.5, 0.6) is 0 Å². The van der Waals surface area contributed by atoms with Crippen LogP contribution in [-0.4, -0.2) is 22.2 Å². The van der Waals surface area contributed by atoms with Crippen LogP contribution in [0.25, 0.3) is 22.6 Å². The Morgan fingerprint density at radius 3 is 2.32 bits per heavy atom. The van der Waals surface area contributed by atoms with Gasteiger partial charge < -0.3 is 15.3 Å². The molecule has 3 aromatic rings. The van der Waals surface area contributed by atoms with E-state index in [4.69, 9.17) is 20.1 Å². The lowest BCUT2D eigenvalue weighted by Gasteiger charge is -2.09. The zero-order valence-electron chi connectivity index (χ0n) is 13.9. The van der Waals surface area contributed by atoms with Crippen molar-refractivity contribution in [3.05, 3.63) is 60.1 Å². The van der Waals surface area contributed by atoms with Gasteiger partial charge in [0.2, 0.25) is 0 Å². The Morgan fingerprint density at radius 1 is 1.18 bits per heavy atom. The summed E-state index contributed by atoms with van der Waals surface area (Å²) in [5.41, 5.74) is 7.13. The summed E-state index contributed by atoms with van der Waals surface area (Å²) in [5, 5.41) is 16.4. The van der Waals surface area contributed by atoms with Crippen molar-refractivity contribution < 1.29 is 31.9 Å². The highest BCUT2D eigenvalue weighted by Gasteiger charge is 2.38. The van der Waals surface area contributed by atoms with Gasteiger partial charge in [0, 0.05) is 11.1 Å². The Balaban J connectivity index is 0.000000345. The lowest BCUT2D eigenvalue weighted by atomic mass is 9.99. The molecule has 0 aliphatic heterocycles. The van der Waals surface area contributed by atoms with Crippen LogP contribution in [-0.2, 0) is 4.79 Å². The summed E-state index contributed by atoms with van der Waals surface area (Å²) in [6, 6.07) is 13.2. The van der Waals surface area contributed by atoms with Gasteiger partial charge >= 0.3 is 12.1 Å². The van der Waals surface area contributed by atoms with Gasteiger partial charge in [-0.25, -0.2) is 14.2 Å². The smallest absolute Gasteiger partial charge is 0.475 e. The summed E-state index contributed by atoms with van der Waals surface area (Å²) in [5.74, 6) is -2.63. The van der Waals surface area contributed by atoms with Gasteiger partial charge in [-0.1, -0.05) is 18.2 Å². The molecule has 0 saturated carbocycles. The number of hydrogen-bond donors (Lipinski definition) is 2. The van der Waals surface area contributed by atoms with E-state index in [9.17, 15) is 22.8 Å². The van der Waals surface area contributed by atoms with E-state index in [0.29, 0.717) is 22.6 Å². The van der Waals surface area contributed by atoms with Gasteiger partial charge in [-0.15, -0.1) is 0 Å². The molecule has 0 bridgehead atoms. The molecule has 10 heteroatoms. The number of aliphatic carboxylic acids is 1. The Bertz CT molecular complexity index is 1030. The van der Waals surface area contributed by atoms with Crippen molar-refractivity contribution in [2.45, 2.75) is 6.18 Å². The van der Waals surface area contributed by atoms with E-state index >= 15 is 0 Å². The zero-order valence-corrected chi connectivity index (χ0v) is 13.9. The Kier molecular flexibility index (Phi) is 6.00. The molecule has 3 N–H and O–H groups in total. The van der Waals surface area contributed by atoms with Gasteiger partial charge in [-0.2, -0.15) is 18.4 Å². The largest absolute Gasteiger partial charge is 0.490 e. The third-order valence-electron chi connectivity index (χ3n) is 3.34. The number of nitrogens with two attached hydrogens (primary N) is 1. The minimum atomic E-state index is -5.08. The van der Waals surface area contributed by atoms with E-state index in [1.807, 2.05) is 6.07 Å². The summed E-state index contributed by atoms with van der Waals surface area (Å²) < 4.78 is 51.0. The maximum Gasteiger partial charge on any atom is 0.490 e. The van der Waals surface area contributed by atoms with Crippen molar-refractivity contribution in [1.29, 1.82) is 5.26 Å². The van der Waals surface area contributed by atoms with Crippen molar-refractivity contribution in [2.24, 2.45) is 0 Å². The molecular formula is C18H11F4N3O3. The first-order valence-electron chi connectivity index (χ1n) is 7.44. The highest BCUT2D eigenvalue weighted by molar-refractivity contribution is 5.79. The maximum atomic E-state index is 14.0. The number of aromatic nitrogens is 1. The van der Waals surface area contributed by atoms with Crippen LogP contribution in [0, 0.1) is 17.1 Å². The fraction of sp³-hybridized carbons (Fsp3) is 0.0556. The molecule has 0 saturated heterocycles. The van der Waals surface area contributed by atoms with Crippen LogP contribution < -0.4 is 5.73 Å². The third-order valence-corrected chi connectivity index (χ3v) is 3.34. The van der Waals surface area contributed by atoms with Crippen LogP contribution in [0.3, 0.4) is 0 Å². The van der Waals surface area contributed by atoms with Crippen LogP contribution in [0.1, 0.15) is 5.56 Å². The van der Waals surface area contributed by atoms with Gasteiger partial charge in [0.15, 0.2) is 5.76 Å². The number of nitriles is 1. The van der Waals surface area contributed by atoms with Crippen LogP contribution >= 0.6 is 0 Å². The lowest BCUT2D eigenvalue weighted by Crippen LogP contribution is -2.21. The quantitative estimate of drug-likeness (QED) is 0.630. The monoisotopic (exact) mass is 393 g/mol. The topological polar surface area (TPSA) is 113 Å². The molecule has 28 heavy (non-hydrogen) atoms. The number of carboxylic acids is 1. The summed E-state index contributed by atoms with van der Waals surface area (Å²) in [7, 11) is 0. The summed E-state index contributed by atoms with van der Waals surface area (Å²) in [6.07, 6.45) is -3.58. The number of alkyl halides is 3. The van der Waals surface area contributed by atoms with Crippen molar-refractivity contribution in [3.8, 4) is 28.7 Å². The molecule has 0 unspecified atom stereocenters. The van der Waals surface area contributed by atoms with E-state index in [1.165, 1.54) is 12.3 Å². The van der Waals surface area contributed by atoms with Crippen molar-refractivity contribution in [2.75, 3.05) is 5.73 Å². The number of carbonyl (C=O) groups is 1. The van der Waals surface area contributed by atoms with Crippen molar-refractivity contribution in [1.82, 2.24) is 4.98 Å². The average molecular weight is 393 g/mol. The van der Waals surface area contributed by atoms with E-state index in [-0.39, 0.29) is 11.4 Å². The van der Waals surface area contributed by atoms with Crippen molar-refractivity contribution >= 4 is 11.8 Å². The average Bonchev–Trinajstić information content (AvgIpc) is 3.16. The number of nitrogen functional groups attached to an aromatic ring is 1. The second kappa shape index (κ2) is 8.22. The summed E-state index contributed by atoms with van der Waals surface area (Å²) >= 11 is 0. The molecule has 0 aliphatic rings. The maximum absolute atomic E-state index is 14.0. The molecule has 144 valence electrons. The molecule has 0 radical (unpaired) electrons. The SMILES string of the molecule is N#Cc1c(-c2ccccc2F)cc(-c2ccco2)nc1N.O=C(O)C(F)(F)F. The first-order chi connectivity index (χ1) is 13.1. The highest BCUT2D eigenvalue weighted by Crippen LogP contribution is 2.32. The Morgan fingerprint density at radius 2 is 1.82 bits per heavy atom. The van der Waals surface area contributed by atoms with E-state index in [0.717, 1.165) is 0 Å². The Labute approximate surface area is 155 Å². The number of pyridine rings is 1. The molecule has 3 rings (SSSR count). The van der Waals surface area contributed by atoms with Gasteiger partial charge in [-0.3, -0.25) is 0 Å². The van der Waals surface area contributed by atoms with Gasteiger partial charge in [0.25, 0.3) is 0 Å². The molecule has 2 heterocycles. The number of rotatable bonds is 2. The van der Waals surface area contributed by atoms with Gasteiger partial charge in [0.05, 0.1) is 6.26 Å². The molecule has 1 aromatic carbocycles. The molecule has 0 atom stereocenters. The normalized spacial score (nSPS) is 10.5. The standard InChI is InChI=1S/C16H10FN3O.C2HF3O2/c17-13-5-2-1-4-10(13)11-8-14(15-6-3-7-21-15)20-16(19)12(11)9-18;3-2(4,5)1(6)7/h1-8H,(H2,19,20);(H,6,7). The predicted molar refractivity (Wildman–Crippen MR) is 90.2 cm³/mol. The molecule has 2 aromatic heterocycles. The molecule has 6 nitrogen and oxygen atoms in total. The highest BCUT2D eigenvalue weighted by atomic mass is 19.4. The number of nitrogens with zero attached hydrogens (tertiary/aromatic N) is 2. The van der Waals surface area contributed by atoms with E-state index in [2.05, 4.69) is 4.98 Å². The van der Waals surface area contributed by atoms with Crippen LogP contribution in [0.2, 0.25) is 0 Å². The van der Waals surface area contributed by atoms with E-state index < -0.39 is 18.0 Å². The molecule has 0 amide bonds. The zero-order chi connectivity index (χ0) is 20.9. The number of halogens is 4. The number of hydrogen-bond acceptors (Lipinski definition) is 5. The first-order valence-corrected chi connectivity index (χ1v) is 7.44. The minimum Gasteiger partial charge on any atom is -0.475 e. The summed E-state index contributed by atoms with van der Waals surface area (Å²) in [4.78, 5) is 13.0. The number of anilines is 1. The second-order valence-corrected chi connectivity index (χ2v) is 5.19. The second-order valence-electron chi connectivity index (χ2n) is 5.19. The third kappa shape index (κ3) is 4.64. The number of carboxylic acid groups (broad SMARTS) is 1. The van der Waals surface area contributed by atoms with Gasteiger partial charge in [0.1, 0.15) is 29.0 Å². The number of benzene rings is 1.